The van der Waals surface area contributed by atoms with Gasteiger partial charge in [0.2, 0.25) is 0 Å². The predicted molar refractivity (Wildman–Crippen MR) is 93.7 cm³/mol. The number of hydrogen-bond acceptors (Lipinski definition) is 3. The number of fused-ring (bicyclic) bond motifs is 1. The van der Waals surface area contributed by atoms with Crippen LogP contribution in [0.1, 0.15) is 27.9 Å². The van der Waals surface area contributed by atoms with Crippen molar-refractivity contribution in [1.82, 2.24) is 10.6 Å². The maximum Gasteiger partial charge on any atom is 0.254 e. The maximum absolute atomic E-state index is 13.5. The van der Waals surface area contributed by atoms with Crippen molar-refractivity contribution in [3.05, 3.63) is 65.0 Å². The number of para-hydroxylation sites is 1. The van der Waals surface area contributed by atoms with Crippen molar-refractivity contribution in [3.8, 4) is 0 Å². The first kappa shape index (κ1) is 16.5. The number of anilines is 1. The van der Waals surface area contributed by atoms with Gasteiger partial charge in [-0.15, -0.1) is 0 Å². The molecule has 0 saturated heterocycles. The molecule has 0 spiro atoms. The van der Waals surface area contributed by atoms with Gasteiger partial charge in [0.25, 0.3) is 5.91 Å². The fraction of sp³-hybridized carbons (Fsp3) is 0.316. The Labute approximate surface area is 141 Å². The standard InChI is InChI=1S/C19H22FN3O/c20-17-9-2-1-8-16(17)19(24)23-12-11-21-13-15-6-3-5-14-7-4-10-22-18(14)15/h1-3,5-6,8-9,21-22H,4,7,10-13H2,(H,23,24). The molecule has 0 radical (unpaired) electrons. The highest BCUT2D eigenvalue weighted by molar-refractivity contribution is 5.94. The summed E-state index contributed by atoms with van der Waals surface area (Å²) < 4.78 is 13.5. The zero-order chi connectivity index (χ0) is 16.8. The van der Waals surface area contributed by atoms with E-state index in [0.29, 0.717) is 13.1 Å². The monoisotopic (exact) mass is 327 g/mol. The van der Waals surface area contributed by atoms with E-state index in [4.69, 9.17) is 0 Å². The molecule has 0 fully saturated rings. The van der Waals surface area contributed by atoms with Crippen LogP contribution in [-0.2, 0) is 13.0 Å². The van der Waals surface area contributed by atoms with Gasteiger partial charge in [-0.25, -0.2) is 4.39 Å². The maximum atomic E-state index is 13.5. The Bertz CT molecular complexity index is 718. The molecule has 0 aliphatic carbocycles. The minimum Gasteiger partial charge on any atom is -0.385 e. The third-order valence-electron chi connectivity index (χ3n) is 4.18. The van der Waals surface area contributed by atoms with Crippen LogP contribution < -0.4 is 16.0 Å². The molecule has 5 heteroatoms. The van der Waals surface area contributed by atoms with Crippen molar-refractivity contribution < 1.29 is 9.18 Å². The van der Waals surface area contributed by atoms with Gasteiger partial charge >= 0.3 is 0 Å². The number of hydrogen-bond donors (Lipinski definition) is 3. The number of rotatable bonds is 6. The van der Waals surface area contributed by atoms with E-state index in [9.17, 15) is 9.18 Å². The van der Waals surface area contributed by atoms with E-state index in [1.807, 2.05) is 0 Å². The average molecular weight is 327 g/mol. The molecule has 0 unspecified atom stereocenters. The lowest BCUT2D eigenvalue weighted by atomic mass is 9.99. The number of benzene rings is 2. The molecule has 1 aliphatic rings. The molecule has 0 saturated carbocycles. The first-order valence-corrected chi connectivity index (χ1v) is 8.34. The highest BCUT2D eigenvalue weighted by Gasteiger charge is 2.12. The molecule has 4 nitrogen and oxygen atoms in total. The van der Waals surface area contributed by atoms with Crippen molar-refractivity contribution in [2.75, 3.05) is 25.0 Å². The Morgan fingerprint density at radius 1 is 1.12 bits per heavy atom. The van der Waals surface area contributed by atoms with Gasteiger partial charge in [-0.05, 0) is 36.1 Å². The molecule has 2 aromatic rings. The van der Waals surface area contributed by atoms with Crippen LogP contribution in [0, 0.1) is 5.82 Å². The second kappa shape index (κ2) is 7.93. The summed E-state index contributed by atoms with van der Waals surface area (Å²) in [6.45, 7) is 2.84. The summed E-state index contributed by atoms with van der Waals surface area (Å²) in [7, 11) is 0. The van der Waals surface area contributed by atoms with Gasteiger partial charge in [-0.2, -0.15) is 0 Å². The SMILES string of the molecule is O=C(NCCNCc1cccc2c1NCCC2)c1ccccc1F. The number of amides is 1. The van der Waals surface area contributed by atoms with Crippen LogP contribution in [-0.4, -0.2) is 25.5 Å². The third kappa shape index (κ3) is 3.92. The second-order valence-electron chi connectivity index (χ2n) is 5.89. The fourth-order valence-electron chi connectivity index (χ4n) is 2.96. The van der Waals surface area contributed by atoms with Gasteiger partial charge in [-0.3, -0.25) is 4.79 Å². The predicted octanol–water partition coefficient (Wildman–Crippen LogP) is 2.70. The summed E-state index contributed by atoms with van der Waals surface area (Å²) in [6, 6.07) is 12.4. The lowest BCUT2D eigenvalue weighted by molar-refractivity contribution is 0.0950. The van der Waals surface area contributed by atoms with Crippen molar-refractivity contribution in [2.45, 2.75) is 19.4 Å². The highest BCUT2D eigenvalue weighted by Crippen LogP contribution is 2.25. The number of carbonyl (C=O) groups excluding carboxylic acids is 1. The quantitative estimate of drug-likeness (QED) is 0.715. The molecule has 3 rings (SSSR count). The molecule has 24 heavy (non-hydrogen) atoms. The molecule has 126 valence electrons. The van der Waals surface area contributed by atoms with Gasteiger partial charge in [0, 0.05) is 31.9 Å². The lowest BCUT2D eigenvalue weighted by Gasteiger charge is -2.21. The summed E-state index contributed by atoms with van der Waals surface area (Å²) >= 11 is 0. The minimum absolute atomic E-state index is 0.0822. The molecular formula is C19H22FN3O. The number of carbonyl (C=O) groups is 1. The van der Waals surface area contributed by atoms with E-state index < -0.39 is 5.82 Å². The zero-order valence-corrected chi connectivity index (χ0v) is 13.6. The Hall–Kier alpha value is -2.40. The molecule has 1 aliphatic heterocycles. The fourth-order valence-corrected chi connectivity index (χ4v) is 2.96. The van der Waals surface area contributed by atoms with Gasteiger partial charge in [-0.1, -0.05) is 30.3 Å². The molecule has 3 N–H and O–H groups in total. The van der Waals surface area contributed by atoms with Crippen LogP contribution in [0.2, 0.25) is 0 Å². The van der Waals surface area contributed by atoms with Crippen LogP contribution in [0.25, 0.3) is 0 Å². The average Bonchev–Trinajstić information content (AvgIpc) is 2.62. The van der Waals surface area contributed by atoms with Gasteiger partial charge < -0.3 is 16.0 Å². The molecule has 1 heterocycles. The summed E-state index contributed by atoms with van der Waals surface area (Å²) in [5.74, 6) is -0.876. The number of halogens is 1. The Morgan fingerprint density at radius 3 is 2.88 bits per heavy atom. The minimum atomic E-state index is -0.495. The Balaban J connectivity index is 1.45. The summed E-state index contributed by atoms with van der Waals surface area (Å²) in [5, 5.41) is 9.52. The van der Waals surface area contributed by atoms with E-state index in [1.165, 1.54) is 35.4 Å². The summed E-state index contributed by atoms with van der Waals surface area (Å²) in [5.41, 5.74) is 3.94. The van der Waals surface area contributed by atoms with Crippen LogP contribution >= 0.6 is 0 Å². The first-order valence-electron chi connectivity index (χ1n) is 8.34. The van der Waals surface area contributed by atoms with Gasteiger partial charge in [0.15, 0.2) is 0 Å². The molecule has 0 aromatic heterocycles. The van der Waals surface area contributed by atoms with Gasteiger partial charge in [0.05, 0.1) is 5.56 Å². The van der Waals surface area contributed by atoms with E-state index in [0.717, 1.165) is 19.5 Å². The van der Waals surface area contributed by atoms with Crippen LogP contribution in [0.3, 0.4) is 0 Å². The first-order chi connectivity index (χ1) is 11.8. The summed E-state index contributed by atoms with van der Waals surface area (Å²) in [6.07, 6.45) is 2.29. The largest absolute Gasteiger partial charge is 0.385 e. The second-order valence-corrected chi connectivity index (χ2v) is 5.89. The van der Waals surface area contributed by atoms with E-state index >= 15 is 0 Å². The van der Waals surface area contributed by atoms with Crippen molar-refractivity contribution in [2.24, 2.45) is 0 Å². The normalized spacial score (nSPS) is 13.0. The molecule has 1 amide bonds. The van der Waals surface area contributed by atoms with Crippen LogP contribution in [0.15, 0.2) is 42.5 Å². The van der Waals surface area contributed by atoms with Gasteiger partial charge in [0.1, 0.15) is 5.82 Å². The number of aryl methyl sites for hydroxylation is 1. The topological polar surface area (TPSA) is 53.2 Å². The molecule has 0 bridgehead atoms. The Kier molecular flexibility index (Phi) is 5.43. The molecule has 2 aromatic carbocycles. The smallest absolute Gasteiger partial charge is 0.254 e. The van der Waals surface area contributed by atoms with Crippen LogP contribution in [0.4, 0.5) is 10.1 Å². The lowest BCUT2D eigenvalue weighted by Crippen LogP contribution is -2.32. The van der Waals surface area contributed by atoms with Crippen molar-refractivity contribution in [1.29, 1.82) is 0 Å². The van der Waals surface area contributed by atoms with E-state index in [2.05, 4.69) is 34.1 Å². The highest BCUT2D eigenvalue weighted by atomic mass is 19.1. The van der Waals surface area contributed by atoms with Crippen molar-refractivity contribution in [3.63, 3.8) is 0 Å². The van der Waals surface area contributed by atoms with E-state index in [1.54, 1.807) is 12.1 Å². The van der Waals surface area contributed by atoms with Crippen LogP contribution in [0.5, 0.6) is 0 Å². The number of nitrogens with one attached hydrogen (secondary N) is 3. The zero-order valence-electron chi connectivity index (χ0n) is 13.6. The summed E-state index contributed by atoms with van der Waals surface area (Å²) in [4.78, 5) is 11.9. The molecular weight excluding hydrogens is 305 g/mol. The third-order valence-corrected chi connectivity index (χ3v) is 4.18. The van der Waals surface area contributed by atoms with Crippen molar-refractivity contribution >= 4 is 11.6 Å². The molecule has 0 atom stereocenters. The Morgan fingerprint density at radius 2 is 2.00 bits per heavy atom. The van der Waals surface area contributed by atoms with E-state index in [-0.39, 0.29) is 11.5 Å².